The van der Waals surface area contributed by atoms with Gasteiger partial charge in [-0.2, -0.15) is 12.6 Å². The largest absolute Gasteiger partial charge is 0.334 e. The van der Waals surface area contributed by atoms with E-state index >= 15 is 0 Å². The van der Waals surface area contributed by atoms with Crippen molar-refractivity contribution in [2.45, 2.75) is 70.1 Å². The molecule has 1 aromatic rings. The minimum absolute atomic E-state index is 0.440. The predicted molar refractivity (Wildman–Crippen MR) is 77.7 cm³/mol. The van der Waals surface area contributed by atoms with Crippen LogP contribution in [0.2, 0.25) is 0 Å². The molecule has 0 bridgehead atoms. The first kappa shape index (κ1) is 14.6. The molecule has 0 fully saturated rings. The lowest BCUT2D eigenvalue weighted by Gasteiger charge is -2.20. The summed E-state index contributed by atoms with van der Waals surface area (Å²) in [4.78, 5) is 4.08. The summed E-state index contributed by atoms with van der Waals surface area (Å²) >= 11 is 4.71. The molecule has 0 aliphatic carbocycles. The van der Waals surface area contributed by atoms with Gasteiger partial charge in [-0.15, -0.1) is 0 Å². The van der Waals surface area contributed by atoms with Gasteiger partial charge in [0.15, 0.2) is 0 Å². The highest BCUT2D eigenvalue weighted by molar-refractivity contribution is 7.81. The average molecular weight is 254 g/mol. The van der Waals surface area contributed by atoms with Gasteiger partial charge in [0, 0.05) is 23.7 Å². The Hall–Kier alpha value is -0.440. The van der Waals surface area contributed by atoms with E-state index in [-0.39, 0.29) is 0 Å². The lowest BCUT2D eigenvalue weighted by molar-refractivity contribution is 0.481. The number of rotatable bonds is 9. The van der Waals surface area contributed by atoms with Crippen LogP contribution in [-0.2, 0) is 0 Å². The summed E-state index contributed by atoms with van der Waals surface area (Å²) in [5.74, 6) is 0. The van der Waals surface area contributed by atoms with Crippen LogP contribution in [0.1, 0.15) is 64.8 Å². The number of nitrogens with zero attached hydrogens (tertiary/aromatic N) is 2. The van der Waals surface area contributed by atoms with E-state index in [1.54, 1.807) is 0 Å². The average Bonchev–Trinajstić information content (AvgIpc) is 2.86. The van der Waals surface area contributed by atoms with Crippen LogP contribution in [0.5, 0.6) is 0 Å². The molecule has 98 valence electrons. The Morgan fingerprint density at radius 2 is 1.88 bits per heavy atom. The highest BCUT2D eigenvalue weighted by Gasteiger charge is 2.13. The number of hydrogen-bond acceptors (Lipinski definition) is 2. The molecule has 1 aromatic heterocycles. The fourth-order valence-corrected chi connectivity index (χ4v) is 2.42. The summed E-state index contributed by atoms with van der Waals surface area (Å²) in [6.07, 6.45) is 15.1. The van der Waals surface area contributed by atoms with Crippen LogP contribution < -0.4 is 0 Å². The molecule has 17 heavy (non-hydrogen) atoms. The molecule has 3 heteroatoms. The van der Waals surface area contributed by atoms with Gasteiger partial charge in [0.2, 0.25) is 0 Å². The molecule has 2 nitrogen and oxygen atoms in total. The SMILES string of the molecule is CCCCCCCCC(S)C(C)n1ccnc1. The molecule has 0 aromatic carbocycles. The van der Waals surface area contributed by atoms with Gasteiger partial charge < -0.3 is 4.57 Å². The molecule has 2 atom stereocenters. The second kappa shape index (κ2) is 8.62. The van der Waals surface area contributed by atoms with Crippen molar-refractivity contribution in [3.8, 4) is 0 Å². The normalized spacial score (nSPS) is 14.8. The van der Waals surface area contributed by atoms with Crippen molar-refractivity contribution in [3.63, 3.8) is 0 Å². The summed E-state index contributed by atoms with van der Waals surface area (Å²) < 4.78 is 2.15. The van der Waals surface area contributed by atoms with E-state index in [1.807, 2.05) is 18.7 Å². The molecule has 0 N–H and O–H groups in total. The van der Waals surface area contributed by atoms with Crippen molar-refractivity contribution in [2.75, 3.05) is 0 Å². The first-order chi connectivity index (χ1) is 8.25. The monoisotopic (exact) mass is 254 g/mol. The quantitative estimate of drug-likeness (QED) is 0.507. The second-order valence-electron chi connectivity index (χ2n) is 4.87. The molecule has 0 amide bonds. The highest BCUT2D eigenvalue weighted by Crippen LogP contribution is 2.21. The molecule has 2 unspecified atom stereocenters. The number of imidazole rings is 1. The van der Waals surface area contributed by atoms with E-state index in [9.17, 15) is 0 Å². The van der Waals surface area contributed by atoms with Gasteiger partial charge in [-0.05, 0) is 13.3 Å². The third-order valence-electron chi connectivity index (χ3n) is 3.41. The van der Waals surface area contributed by atoms with Gasteiger partial charge in [-0.3, -0.25) is 0 Å². The Labute approximate surface area is 111 Å². The molecular weight excluding hydrogens is 228 g/mol. The number of aromatic nitrogens is 2. The van der Waals surface area contributed by atoms with Crippen molar-refractivity contribution < 1.29 is 0 Å². The molecular formula is C14H26N2S. The van der Waals surface area contributed by atoms with Crippen molar-refractivity contribution in [1.82, 2.24) is 9.55 Å². The lowest BCUT2D eigenvalue weighted by Crippen LogP contribution is -2.15. The van der Waals surface area contributed by atoms with E-state index in [0.29, 0.717) is 11.3 Å². The van der Waals surface area contributed by atoms with Crippen LogP contribution in [0, 0.1) is 0 Å². The molecule has 0 aliphatic heterocycles. The van der Waals surface area contributed by atoms with Gasteiger partial charge in [0.1, 0.15) is 0 Å². The zero-order valence-electron chi connectivity index (χ0n) is 11.2. The van der Waals surface area contributed by atoms with Gasteiger partial charge in [-0.25, -0.2) is 4.98 Å². The zero-order chi connectivity index (χ0) is 12.5. The lowest BCUT2D eigenvalue weighted by atomic mass is 10.1. The summed E-state index contributed by atoms with van der Waals surface area (Å²) in [7, 11) is 0. The number of unbranched alkanes of at least 4 members (excludes halogenated alkanes) is 5. The highest BCUT2D eigenvalue weighted by atomic mass is 32.1. The predicted octanol–water partition coefficient (Wildman–Crippen LogP) is 4.49. The number of thiol groups is 1. The molecule has 0 saturated heterocycles. The van der Waals surface area contributed by atoms with E-state index in [1.165, 1.54) is 44.9 Å². The minimum Gasteiger partial charge on any atom is -0.334 e. The summed E-state index contributed by atoms with van der Waals surface area (Å²) in [6.45, 7) is 4.48. The molecule has 0 radical (unpaired) electrons. The van der Waals surface area contributed by atoms with Gasteiger partial charge in [0.05, 0.1) is 6.33 Å². The van der Waals surface area contributed by atoms with Crippen LogP contribution in [0.4, 0.5) is 0 Å². The van der Waals surface area contributed by atoms with Gasteiger partial charge in [-0.1, -0.05) is 45.4 Å². The first-order valence-corrected chi connectivity index (χ1v) is 7.42. The Kier molecular flexibility index (Phi) is 7.41. The van der Waals surface area contributed by atoms with Crippen LogP contribution in [-0.4, -0.2) is 14.8 Å². The van der Waals surface area contributed by atoms with Crippen LogP contribution in [0.25, 0.3) is 0 Å². The van der Waals surface area contributed by atoms with Crippen LogP contribution in [0.15, 0.2) is 18.7 Å². The fraction of sp³-hybridized carbons (Fsp3) is 0.786. The molecule has 0 saturated carbocycles. The maximum absolute atomic E-state index is 4.71. The second-order valence-corrected chi connectivity index (χ2v) is 5.54. The molecule has 1 heterocycles. The zero-order valence-corrected chi connectivity index (χ0v) is 12.1. The van der Waals surface area contributed by atoms with Crippen LogP contribution >= 0.6 is 12.6 Å². The van der Waals surface area contributed by atoms with E-state index in [2.05, 4.69) is 23.4 Å². The van der Waals surface area contributed by atoms with Crippen molar-refractivity contribution >= 4 is 12.6 Å². The van der Waals surface area contributed by atoms with Crippen molar-refractivity contribution in [1.29, 1.82) is 0 Å². The Morgan fingerprint density at radius 3 is 2.53 bits per heavy atom. The topological polar surface area (TPSA) is 17.8 Å². The van der Waals surface area contributed by atoms with Gasteiger partial charge in [0.25, 0.3) is 0 Å². The maximum atomic E-state index is 4.71. The summed E-state index contributed by atoms with van der Waals surface area (Å²) in [5.41, 5.74) is 0. The third-order valence-corrected chi connectivity index (χ3v) is 4.10. The third kappa shape index (κ3) is 5.62. The molecule has 0 spiro atoms. The Balaban J connectivity index is 2.10. The van der Waals surface area contributed by atoms with E-state index in [4.69, 9.17) is 12.6 Å². The standard InChI is InChI=1S/C14H26N2S/c1-3-4-5-6-7-8-9-14(17)13(2)16-11-10-15-12-16/h10-14,17H,3-9H2,1-2H3. The van der Waals surface area contributed by atoms with Crippen molar-refractivity contribution in [3.05, 3.63) is 18.7 Å². The maximum Gasteiger partial charge on any atom is 0.0948 e. The first-order valence-electron chi connectivity index (χ1n) is 6.91. The summed E-state index contributed by atoms with van der Waals surface area (Å²) in [6, 6.07) is 0.441. The summed E-state index contributed by atoms with van der Waals surface area (Å²) in [5, 5.41) is 0.440. The minimum atomic E-state index is 0.440. The van der Waals surface area contributed by atoms with Crippen LogP contribution in [0.3, 0.4) is 0 Å². The molecule has 0 aliphatic rings. The smallest absolute Gasteiger partial charge is 0.0948 e. The van der Waals surface area contributed by atoms with E-state index < -0.39 is 0 Å². The van der Waals surface area contributed by atoms with Gasteiger partial charge >= 0.3 is 0 Å². The van der Waals surface area contributed by atoms with E-state index in [0.717, 1.165) is 0 Å². The van der Waals surface area contributed by atoms with Crippen molar-refractivity contribution in [2.24, 2.45) is 0 Å². The fourth-order valence-electron chi connectivity index (χ4n) is 2.08. The molecule has 1 rings (SSSR count). The Bertz CT molecular complexity index is 272. The Morgan fingerprint density at radius 1 is 1.18 bits per heavy atom. The number of hydrogen-bond donors (Lipinski definition) is 1.